The van der Waals surface area contributed by atoms with Crippen molar-refractivity contribution in [3.63, 3.8) is 0 Å². The van der Waals surface area contributed by atoms with E-state index in [9.17, 15) is 13.2 Å². The summed E-state index contributed by atoms with van der Waals surface area (Å²) in [5.74, 6) is -3.27. The molecule has 80 valence electrons. The van der Waals surface area contributed by atoms with E-state index < -0.39 is 29.1 Å². The predicted molar refractivity (Wildman–Crippen MR) is 49.5 cm³/mol. The van der Waals surface area contributed by atoms with Gasteiger partial charge in [0.15, 0.2) is 11.6 Å². The molecule has 1 aromatic rings. The van der Waals surface area contributed by atoms with Crippen LogP contribution in [0.5, 0.6) is 0 Å². The van der Waals surface area contributed by atoms with Crippen molar-refractivity contribution in [2.75, 3.05) is 6.54 Å². The van der Waals surface area contributed by atoms with Crippen molar-refractivity contribution in [2.45, 2.75) is 6.04 Å². The van der Waals surface area contributed by atoms with Crippen LogP contribution in [-0.2, 0) is 0 Å². The van der Waals surface area contributed by atoms with Crippen molar-refractivity contribution in [3.05, 3.63) is 35.1 Å². The van der Waals surface area contributed by atoms with Gasteiger partial charge in [0.05, 0.1) is 0 Å². The number of rotatable bonds is 2. The average Bonchev–Trinajstić information content (AvgIpc) is 2.12. The second-order valence-corrected chi connectivity index (χ2v) is 2.60. The maximum Gasteiger partial charge on any atom is 0.166 e. The van der Waals surface area contributed by atoms with E-state index in [2.05, 4.69) is 0 Å². The standard InChI is InChI=1S/C8H9F3N2.ClH/c9-4-1-2-5(10)8(11)7(4)6(13)3-12;/h1-2,6H,3,12-13H2;1H/t6-;/m0./s1. The van der Waals surface area contributed by atoms with Crippen LogP contribution in [0, 0.1) is 17.5 Å². The van der Waals surface area contributed by atoms with Crippen LogP contribution in [0.25, 0.3) is 0 Å². The van der Waals surface area contributed by atoms with Gasteiger partial charge in [-0.25, -0.2) is 13.2 Å². The lowest BCUT2D eigenvalue weighted by molar-refractivity contribution is 0.466. The summed E-state index contributed by atoms with van der Waals surface area (Å²) in [5, 5.41) is 0. The van der Waals surface area contributed by atoms with Crippen molar-refractivity contribution >= 4 is 12.4 Å². The monoisotopic (exact) mass is 226 g/mol. The summed E-state index contributed by atoms with van der Waals surface area (Å²) in [6.07, 6.45) is 0. The van der Waals surface area contributed by atoms with Gasteiger partial charge in [0.2, 0.25) is 0 Å². The lowest BCUT2D eigenvalue weighted by atomic mass is 10.1. The van der Waals surface area contributed by atoms with Gasteiger partial charge in [-0.3, -0.25) is 0 Å². The third-order valence-corrected chi connectivity index (χ3v) is 1.70. The van der Waals surface area contributed by atoms with Crippen LogP contribution in [-0.4, -0.2) is 6.54 Å². The van der Waals surface area contributed by atoms with Gasteiger partial charge in [-0.1, -0.05) is 0 Å². The highest BCUT2D eigenvalue weighted by Gasteiger charge is 2.18. The summed E-state index contributed by atoms with van der Waals surface area (Å²) in [4.78, 5) is 0. The van der Waals surface area contributed by atoms with E-state index in [1.54, 1.807) is 0 Å². The topological polar surface area (TPSA) is 52.0 Å². The lowest BCUT2D eigenvalue weighted by Crippen LogP contribution is -2.23. The Morgan fingerprint density at radius 2 is 1.64 bits per heavy atom. The molecule has 0 amide bonds. The maximum absolute atomic E-state index is 12.9. The zero-order valence-corrected chi connectivity index (χ0v) is 7.95. The fourth-order valence-electron chi connectivity index (χ4n) is 1.00. The van der Waals surface area contributed by atoms with E-state index in [0.717, 1.165) is 6.07 Å². The van der Waals surface area contributed by atoms with E-state index in [1.165, 1.54) is 0 Å². The first-order chi connectivity index (χ1) is 6.07. The predicted octanol–water partition coefficient (Wildman–Crippen LogP) is 1.48. The molecule has 0 fully saturated rings. The van der Waals surface area contributed by atoms with Crippen LogP contribution in [0.4, 0.5) is 13.2 Å². The molecular weight excluding hydrogens is 217 g/mol. The smallest absolute Gasteiger partial charge is 0.166 e. The van der Waals surface area contributed by atoms with Gasteiger partial charge in [0.25, 0.3) is 0 Å². The summed E-state index contributed by atoms with van der Waals surface area (Å²) in [6.45, 7) is -0.142. The molecule has 0 radical (unpaired) electrons. The third-order valence-electron chi connectivity index (χ3n) is 1.70. The van der Waals surface area contributed by atoms with Gasteiger partial charge >= 0.3 is 0 Å². The van der Waals surface area contributed by atoms with Gasteiger partial charge in [-0.2, -0.15) is 0 Å². The molecule has 14 heavy (non-hydrogen) atoms. The molecule has 0 saturated carbocycles. The molecule has 0 aromatic heterocycles. The third kappa shape index (κ3) is 2.37. The Morgan fingerprint density at radius 1 is 1.14 bits per heavy atom. The number of hydrogen-bond donors (Lipinski definition) is 2. The van der Waals surface area contributed by atoms with E-state index in [-0.39, 0.29) is 19.0 Å². The molecule has 1 rings (SSSR count). The van der Waals surface area contributed by atoms with E-state index in [4.69, 9.17) is 11.5 Å². The molecule has 1 atom stereocenters. The van der Waals surface area contributed by atoms with Gasteiger partial charge in [-0.05, 0) is 12.1 Å². The molecule has 0 bridgehead atoms. The first-order valence-corrected chi connectivity index (χ1v) is 3.67. The fourth-order valence-corrected chi connectivity index (χ4v) is 1.00. The molecule has 0 unspecified atom stereocenters. The van der Waals surface area contributed by atoms with Crippen LogP contribution >= 0.6 is 12.4 Å². The molecule has 0 heterocycles. The summed E-state index contributed by atoms with van der Waals surface area (Å²) in [7, 11) is 0. The molecule has 0 aliphatic carbocycles. The van der Waals surface area contributed by atoms with E-state index in [0.29, 0.717) is 6.07 Å². The molecule has 0 spiro atoms. The Labute approximate surface area is 85.5 Å². The molecular formula is C8H10ClF3N2. The minimum absolute atomic E-state index is 0. The molecule has 1 aromatic carbocycles. The highest BCUT2D eigenvalue weighted by Crippen LogP contribution is 2.20. The summed E-state index contributed by atoms with van der Waals surface area (Å²) in [5.41, 5.74) is 9.91. The second-order valence-electron chi connectivity index (χ2n) is 2.60. The minimum Gasteiger partial charge on any atom is -0.329 e. The maximum atomic E-state index is 12.9. The number of halogens is 4. The zero-order chi connectivity index (χ0) is 10.0. The molecule has 0 saturated heterocycles. The fraction of sp³-hybridized carbons (Fsp3) is 0.250. The van der Waals surface area contributed by atoms with Crippen LogP contribution in [0.15, 0.2) is 12.1 Å². The highest BCUT2D eigenvalue weighted by atomic mass is 35.5. The largest absolute Gasteiger partial charge is 0.329 e. The van der Waals surface area contributed by atoms with Crippen LogP contribution < -0.4 is 11.5 Å². The zero-order valence-electron chi connectivity index (χ0n) is 7.14. The van der Waals surface area contributed by atoms with Crippen LogP contribution in [0.1, 0.15) is 11.6 Å². The Morgan fingerprint density at radius 3 is 2.14 bits per heavy atom. The van der Waals surface area contributed by atoms with Crippen molar-refractivity contribution < 1.29 is 13.2 Å². The summed E-state index contributed by atoms with van der Waals surface area (Å²) >= 11 is 0. The van der Waals surface area contributed by atoms with Crippen LogP contribution in [0.3, 0.4) is 0 Å². The van der Waals surface area contributed by atoms with Crippen LogP contribution in [0.2, 0.25) is 0 Å². The minimum atomic E-state index is -1.27. The van der Waals surface area contributed by atoms with E-state index >= 15 is 0 Å². The summed E-state index contributed by atoms with van der Waals surface area (Å²) < 4.78 is 38.5. The highest BCUT2D eigenvalue weighted by molar-refractivity contribution is 5.85. The normalized spacial score (nSPS) is 12.1. The van der Waals surface area contributed by atoms with E-state index in [1.807, 2.05) is 0 Å². The summed E-state index contributed by atoms with van der Waals surface area (Å²) in [6, 6.07) is 0.511. The van der Waals surface area contributed by atoms with Gasteiger partial charge < -0.3 is 11.5 Å². The quantitative estimate of drug-likeness (QED) is 0.751. The number of nitrogens with two attached hydrogens (primary N) is 2. The molecule has 4 N–H and O–H groups in total. The van der Waals surface area contributed by atoms with Gasteiger partial charge in [0.1, 0.15) is 5.82 Å². The number of benzene rings is 1. The molecule has 0 aliphatic rings. The van der Waals surface area contributed by atoms with Crippen molar-refractivity contribution in [1.29, 1.82) is 0 Å². The van der Waals surface area contributed by atoms with Gasteiger partial charge in [0, 0.05) is 18.2 Å². The average molecular weight is 227 g/mol. The Hall–Kier alpha value is -0.780. The first kappa shape index (κ1) is 13.2. The molecule has 2 nitrogen and oxygen atoms in total. The second kappa shape index (κ2) is 5.19. The number of hydrogen-bond acceptors (Lipinski definition) is 2. The van der Waals surface area contributed by atoms with Gasteiger partial charge in [-0.15, -0.1) is 12.4 Å². The van der Waals surface area contributed by atoms with Crippen molar-refractivity contribution in [3.8, 4) is 0 Å². The van der Waals surface area contributed by atoms with Crippen molar-refractivity contribution in [1.82, 2.24) is 0 Å². The Balaban J connectivity index is 0.00000169. The molecule has 0 aliphatic heterocycles. The SMILES string of the molecule is Cl.NC[C@H](N)c1c(F)ccc(F)c1F. The van der Waals surface area contributed by atoms with Crippen molar-refractivity contribution in [2.24, 2.45) is 11.5 Å². The molecule has 6 heteroatoms. The first-order valence-electron chi connectivity index (χ1n) is 3.67. The Bertz CT molecular complexity index is 320. The Kier molecular flexibility index (Phi) is 4.90. The lowest BCUT2D eigenvalue weighted by Gasteiger charge is -2.11.